The summed E-state index contributed by atoms with van der Waals surface area (Å²) in [6, 6.07) is 7.12. The van der Waals surface area contributed by atoms with Crippen LogP contribution in [0, 0.1) is 12.8 Å². The number of aryl methyl sites for hydroxylation is 1. The fraction of sp³-hybridized carbons (Fsp3) is 0.360. The maximum atomic E-state index is 13.2. The first kappa shape index (κ1) is 23.2. The van der Waals surface area contributed by atoms with Crippen LogP contribution in [0.15, 0.2) is 35.4 Å². The van der Waals surface area contributed by atoms with Crippen molar-refractivity contribution in [1.29, 1.82) is 0 Å². The summed E-state index contributed by atoms with van der Waals surface area (Å²) in [7, 11) is -2.11. The molecule has 0 radical (unpaired) electrons. The van der Waals surface area contributed by atoms with Crippen molar-refractivity contribution in [1.82, 2.24) is 25.2 Å². The summed E-state index contributed by atoms with van der Waals surface area (Å²) in [5.74, 6) is 0.405. The summed E-state index contributed by atoms with van der Waals surface area (Å²) in [5, 5.41) is 2.56. The van der Waals surface area contributed by atoms with Crippen molar-refractivity contribution >= 4 is 21.7 Å². The molecule has 5 rings (SSSR count). The molecule has 0 saturated heterocycles. The van der Waals surface area contributed by atoms with Crippen LogP contribution in [-0.2, 0) is 16.4 Å². The predicted octanol–water partition coefficient (Wildman–Crippen LogP) is 2.96. The van der Waals surface area contributed by atoms with Gasteiger partial charge in [0.05, 0.1) is 10.5 Å². The number of aromatic nitrogens is 3. The monoisotopic (exact) mass is 493 g/mol. The van der Waals surface area contributed by atoms with E-state index in [4.69, 9.17) is 0 Å². The molecule has 3 heterocycles. The Kier molecular flexibility index (Phi) is 5.51. The van der Waals surface area contributed by atoms with Gasteiger partial charge >= 0.3 is 0 Å². The highest BCUT2D eigenvalue weighted by Gasteiger charge is 2.40. The minimum absolute atomic E-state index is 0.0506. The summed E-state index contributed by atoms with van der Waals surface area (Å²) in [4.78, 5) is 39.0. The number of imidazole rings is 1. The summed E-state index contributed by atoms with van der Waals surface area (Å²) < 4.78 is 25.5. The van der Waals surface area contributed by atoms with Crippen LogP contribution in [0.5, 0.6) is 0 Å². The fourth-order valence-electron chi connectivity index (χ4n) is 4.72. The number of carbonyl (C=O) groups excluding carboxylic acids is 2. The molecule has 0 bridgehead atoms. The number of H-pyrrole nitrogens is 1. The van der Waals surface area contributed by atoms with Crippen LogP contribution in [-0.4, -0.2) is 59.4 Å². The molecule has 35 heavy (non-hydrogen) atoms. The van der Waals surface area contributed by atoms with Crippen molar-refractivity contribution in [2.75, 3.05) is 13.3 Å². The van der Waals surface area contributed by atoms with Crippen molar-refractivity contribution in [2.45, 2.75) is 44.2 Å². The molecule has 2 N–H and O–H groups in total. The van der Waals surface area contributed by atoms with Gasteiger partial charge in [-0.2, -0.15) is 0 Å². The topological polar surface area (TPSA) is 125 Å². The van der Waals surface area contributed by atoms with E-state index < -0.39 is 9.84 Å². The highest BCUT2D eigenvalue weighted by molar-refractivity contribution is 7.90. The molecule has 10 heteroatoms. The van der Waals surface area contributed by atoms with Crippen LogP contribution in [0.2, 0.25) is 0 Å². The second-order valence-corrected chi connectivity index (χ2v) is 11.3. The Morgan fingerprint density at radius 3 is 2.63 bits per heavy atom. The number of hydrogen-bond donors (Lipinski definition) is 2. The van der Waals surface area contributed by atoms with Gasteiger partial charge in [0, 0.05) is 37.8 Å². The highest BCUT2D eigenvalue weighted by atomic mass is 32.2. The predicted molar refractivity (Wildman–Crippen MR) is 131 cm³/mol. The Hall–Kier alpha value is -3.53. The maximum Gasteiger partial charge on any atom is 0.271 e. The molecule has 1 aromatic carbocycles. The van der Waals surface area contributed by atoms with Crippen molar-refractivity contribution in [2.24, 2.45) is 5.92 Å². The third-order valence-electron chi connectivity index (χ3n) is 6.86. The zero-order valence-corrected chi connectivity index (χ0v) is 20.9. The third kappa shape index (κ3) is 4.12. The quantitative estimate of drug-likeness (QED) is 0.544. The first-order valence-electron chi connectivity index (χ1n) is 11.5. The van der Waals surface area contributed by atoms with Crippen LogP contribution < -0.4 is 5.32 Å². The number of fused-ring (bicyclic) bond motifs is 1. The lowest BCUT2D eigenvalue weighted by Gasteiger charge is -2.24. The van der Waals surface area contributed by atoms with E-state index in [0.29, 0.717) is 35.2 Å². The number of benzene rings is 1. The standard InChI is InChI=1S/C25H27N5O4S/c1-13-22(24(31)26-3)29-23(28-13)19-10-16(7-8-27-19)17-9-18-12-30(14(2)15-5-6-15)25(32)21(18)20(11-17)35(4,33)34/h7-11,14-15H,5-6,12H2,1-4H3,(H,26,31)(H,28,29)/t14-/m0/s1. The van der Waals surface area contributed by atoms with Gasteiger partial charge in [-0.05, 0) is 73.6 Å². The van der Waals surface area contributed by atoms with Crippen LogP contribution >= 0.6 is 0 Å². The molecule has 0 spiro atoms. The van der Waals surface area contributed by atoms with E-state index in [1.807, 2.05) is 13.0 Å². The van der Waals surface area contributed by atoms with Crippen molar-refractivity contribution < 1.29 is 18.0 Å². The van der Waals surface area contributed by atoms with E-state index in [-0.39, 0.29) is 34.0 Å². The number of rotatable bonds is 6. The number of aromatic amines is 1. The number of hydrogen-bond acceptors (Lipinski definition) is 6. The van der Waals surface area contributed by atoms with Crippen LogP contribution in [0.1, 0.15) is 51.9 Å². The summed E-state index contributed by atoms with van der Waals surface area (Å²) in [6.07, 6.45) is 4.94. The van der Waals surface area contributed by atoms with Gasteiger partial charge in [0.1, 0.15) is 11.4 Å². The Balaban J connectivity index is 1.58. The van der Waals surface area contributed by atoms with Gasteiger partial charge in [-0.15, -0.1) is 0 Å². The molecule has 0 unspecified atom stereocenters. The molecule has 9 nitrogen and oxygen atoms in total. The number of sulfone groups is 1. The van der Waals surface area contributed by atoms with E-state index in [0.717, 1.165) is 30.2 Å². The molecule has 1 atom stereocenters. The first-order chi connectivity index (χ1) is 16.6. The molecule has 1 fully saturated rings. The SMILES string of the molecule is CNC(=O)c1nc(-c2cc(-c3cc4c(c(S(C)(=O)=O)c3)C(=O)N([C@@H](C)C3CC3)C4)ccn2)[nH]c1C. The molecular weight excluding hydrogens is 466 g/mol. The van der Waals surface area contributed by atoms with E-state index in [1.165, 1.54) is 0 Å². The number of pyridine rings is 1. The number of nitrogens with one attached hydrogen (secondary N) is 2. The fourth-order valence-corrected chi connectivity index (χ4v) is 5.65. The van der Waals surface area contributed by atoms with Crippen LogP contribution in [0.4, 0.5) is 0 Å². The Morgan fingerprint density at radius 1 is 1.23 bits per heavy atom. The van der Waals surface area contributed by atoms with Crippen molar-refractivity contribution in [3.8, 4) is 22.6 Å². The molecule has 1 aliphatic carbocycles. The van der Waals surface area contributed by atoms with E-state index in [9.17, 15) is 18.0 Å². The number of carbonyl (C=O) groups is 2. The van der Waals surface area contributed by atoms with E-state index in [1.54, 1.807) is 43.3 Å². The van der Waals surface area contributed by atoms with Crippen LogP contribution in [0.25, 0.3) is 22.6 Å². The smallest absolute Gasteiger partial charge is 0.271 e. The van der Waals surface area contributed by atoms with Gasteiger partial charge in [-0.25, -0.2) is 13.4 Å². The average molecular weight is 494 g/mol. The van der Waals surface area contributed by atoms with Crippen molar-refractivity contribution in [3.05, 3.63) is 53.0 Å². The summed E-state index contributed by atoms with van der Waals surface area (Å²) in [5.41, 5.74) is 3.84. The molecule has 3 aromatic rings. The van der Waals surface area contributed by atoms with E-state index >= 15 is 0 Å². The largest absolute Gasteiger partial charge is 0.354 e. The average Bonchev–Trinajstić information content (AvgIpc) is 3.53. The second kappa shape index (κ2) is 8.30. The van der Waals surface area contributed by atoms with Gasteiger partial charge < -0.3 is 15.2 Å². The lowest BCUT2D eigenvalue weighted by molar-refractivity contribution is 0.0694. The van der Waals surface area contributed by atoms with Gasteiger partial charge in [0.2, 0.25) is 0 Å². The number of amides is 2. The second-order valence-electron chi connectivity index (χ2n) is 9.36. The summed E-state index contributed by atoms with van der Waals surface area (Å²) in [6.45, 7) is 4.19. The Bertz CT molecular complexity index is 1470. The lowest BCUT2D eigenvalue weighted by Crippen LogP contribution is -2.35. The molecule has 1 aliphatic heterocycles. The van der Waals surface area contributed by atoms with E-state index in [2.05, 4.69) is 20.3 Å². The minimum Gasteiger partial charge on any atom is -0.354 e. The molecule has 182 valence electrons. The third-order valence-corrected chi connectivity index (χ3v) is 7.98. The minimum atomic E-state index is -3.65. The van der Waals surface area contributed by atoms with Gasteiger partial charge in [-0.3, -0.25) is 14.6 Å². The molecule has 2 aliphatic rings. The Morgan fingerprint density at radius 2 is 1.97 bits per heavy atom. The van der Waals surface area contributed by atoms with Crippen LogP contribution in [0.3, 0.4) is 0 Å². The van der Waals surface area contributed by atoms with Gasteiger partial charge in [0.25, 0.3) is 11.8 Å². The molecule has 1 saturated carbocycles. The maximum absolute atomic E-state index is 13.2. The normalized spacial score (nSPS) is 16.3. The molecule has 2 amide bonds. The molecule has 2 aromatic heterocycles. The van der Waals surface area contributed by atoms with Gasteiger partial charge in [-0.1, -0.05) is 0 Å². The number of nitrogens with zero attached hydrogens (tertiary/aromatic N) is 3. The first-order valence-corrected chi connectivity index (χ1v) is 13.4. The lowest BCUT2D eigenvalue weighted by atomic mass is 10.0. The Labute approximate surface area is 203 Å². The zero-order chi connectivity index (χ0) is 25.1. The van der Waals surface area contributed by atoms with Crippen molar-refractivity contribution in [3.63, 3.8) is 0 Å². The van der Waals surface area contributed by atoms with Gasteiger partial charge in [0.15, 0.2) is 15.7 Å². The molecular formula is C25H27N5O4S. The zero-order valence-electron chi connectivity index (χ0n) is 20.0. The summed E-state index contributed by atoms with van der Waals surface area (Å²) >= 11 is 0. The highest BCUT2D eigenvalue weighted by Crippen LogP contribution is 2.41.